The molecule has 0 heterocycles. The van der Waals surface area contributed by atoms with E-state index < -0.39 is 5.97 Å². The van der Waals surface area contributed by atoms with Gasteiger partial charge in [-0.25, -0.2) is 0 Å². The molecule has 0 aromatic heterocycles. The Labute approximate surface area is 112 Å². The van der Waals surface area contributed by atoms with Crippen LogP contribution in [0, 0.1) is 0 Å². The number of para-hydroxylation sites is 1. The van der Waals surface area contributed by atoms with Crippen molar-refractivity contribution in [1.82, 2.24) is 4.90 Å². The molecule has 1 amide bonds. The Kier molecular flexibility index (Phi) is 5.60. The van der Waals surface area contributed by atoms with Gasteiger partial charge in [-0.1, -0.05) is 18.2 Å². The standard InChI is InChI=1S/C14H17NO4/c1-15(10-9-14(17)18)13(16)8-7-11-5-3-4-6-12(11)19-2/h3-8H,9-10H2,1-2H3,(H,17,18). The molecule has 1 N–H and O–H groups in total. The van der Waals surface area contributed by atoms with E-state index in [2.05, 4.69) is 0 Å². The first-order valence-electron chi connectivity index (χ1n) is 5.82. The number of carboxylic acid groups (broad SMARTS) is 1. The van der Waals surface area contributed by atoms with E-state index in [1.807, 2.05) is 18.2 Å². The van der Waals surface area contributed by atoms with Crippen LogP contribution in [0.2, 0.25) is 0 Å². The van der Waals surface area contributed by atoms with Crippen LogP contribution in [0.3, 0.4) is 0 Å². The van der Waals surface area contributed by atoms with E-state index in [-0.39, 0.29) is 18.9 Å². The van der Waals surface area contributed by atoms with Crippen LogP contribution in [0.4, 0.5) is 0 Å². The van der Waals surface area contributed by atoms with E-state index in [4.69, 9.17) is 9.84 Å². The normalized spacial score (nSPS) is 10.4. The molecule has 1 aromatic carbocycles. The van der Waals surface area contributed by atoms with Gasteiger partial charge >= 0.3 is 5.97 Å². The zero-order chi connectivity index (χ0) is 14.3. The molecule has 0 fully saturated rings. The number of methoxy groups -OCH3 is 1. The van der Waals surface area contributed by atoms with Crippen LogP contribution in [0.5, 0.6) is 5.75 Å². The van der Waals surface area contributed by atoms with Gasteiger partial charge in [-0.2, -0.15) is 0 Å². The number of benzene rings is 1. The minimum Gasteiger partial charge on any atom is -0.496 e. The fourth-order valence-electron chi connectivity index (χ4n) is 1.47. The number of carbonyl (C=O) groups is 2. The fourth-order valence-corrected chi connectivity index (χ4v) is 1.47. The number of aliphatic carboxylic acids is 1. The molecular weight excluding hydrogens is 246 g/mol. The minimum atomic E-state index is -0.923. The van der Waals surface area contributed by atoms with E-state index in [1.54, 1.807) is 26.3 Å². The molecule has 1 aromatic rings. The van der Waals surface area contributed by atoms with Gasteiger partial charge in [-0.3, -0.25) is 9.59 Å². The highest BCUT2D eigenvalue weighted by atomic mass is 16.5. The zero-order valence-corrected chi connectivity index (χ0v) is 11.0. The van der Waals surface area contributed by atoms with E-state index in [9.17, 15) is 9.59 Å². The van der Waals surface area contributed by atoms with Gasteiger partial charge in [0.25, 0.3) is 0 Å². The van der Waals surface area contributed by atoms with Crippen LogP contribution in [-0.2, 0) is 9.59 Å². The van der Waals surface area contributed by atoms with Crippen LogP contribution >= 0.6 is 0 Å². The molecule has 0 aliphatic heterocycles. The number of amides is 1. The highest BCUT2D eigenvalue weighted by Crippen LogP contribution is 2.18. The summed E-state index contributed by atoms with van der Waals surface area (Å²) in [5.74, 6) is -0.486. The Bertz CT molecular complexity index is 482. The maximum atomic E-state index is 11.7. The number of carboxylic acids is 1. The molecule has 0 atom stereocenters. The second-order valence-corrected chi connectivity index (χ2v) is 3.98. The monoisotopic (exact) mass is 263 g/mol. The van der Waals surface area contributed by atoms with Crippen molar-refractivity contribution in [2.75, 3.05) is 20.7 Å². The first-order valence-corrected chi connectivity index (χ1v) is 5.82. The van der Waals surface area contributed by atoms with Gasteiger partial charge in [0.15, 0.2) is 0 Å². The Hall–Kier alpha value is -2.30. The molecule has 5 heteroatoms. The Morgan fingerprint density at radius 2 is 2.05 bits per heavy atom. The highest BCUT2D eigenvalue weighted by Gasteiger charge is 2.07. The molecule has 19 heavy (non-hydrogen) atoms. The van der Waals surface area contributed by atoms with Crippen molar-refractivity contribution in [3.63, 3.8) is 0 Å². The van der Waals surface area contributed by atoms with Gasteiger partial charge < -0.3 is 14.7 Å². The molecule has 0 bridgehead atoms. The Morgan fingerprint density at radius 3 is 2.68 bits per heavy atom. The molecule has 0 aliphatic rings. The predicted molar refractivity (Wildman–Crippen MR) is 71.9 cm³/mol. The summed E-state index contributed by atoms with van der Waals surface area (Å²) in [6.45, 7) is 0.185. The molecule has 102 valence electrons. The molecule has 0 spiro atoms. The number of nitrogens with zero attached hydrogens (tertiary/aromatic N) is 1. The second-order valence-electron chi connectivity index (χ2n) is 3.98. The summed E-state index contributed by atoms with van der Waals surface area (Å²) in [5.41, 5.74) is 0.796. The lowest BCUT2D eigenvalue weighted by molar-refractivity contribution is -0.137. The van der Waals surface area contributed by atoms with Crippen molar-refractivity contribution in [3.05, 3.63) is 35.9 Å². The lowest BCUT2D eigenvalue weighted by atomic mass is 10.2. The molecule has 5 nitrogen and oxygen atoms in total. The third kappa shape index (κ3) is 4.83. The molecule has 0 unspecified atom stereocenters. The average Bonchev–Trinajstić information content (AvgIpc) is 2.42. The zero-order valence-electron chi connectivity index (χ0n) is 11.0. The van der Waals surface area contributed by atoms with E-state index in [1.165, 1.54) is 11.0 Å². The van der Waals surface area contributed by atoms with Gasteiger partial charge in [0.2, 0.25) is 5.91 Å². The van der Waals surface area contributed by atoms with Crippen LogP contribution in [0.1, 0.15) is 12.0 Å². The summed E-state index contributed by atoms with van der Waals surface area (Å²) < 4.78 is 5.16. The molecular formula is C14H17NO4. The number of ether oxygens (including phenoxy) is 1. The van der Waals surface area contributed by atoms with Crippen molar-refractivity contribution in [2.45, 2.75) is 6.42 Å². The number of hydrogen-bond acceptors (Lipinski definition) is 3. The lowest BCUT2D eigenvalue weighted by Gasteiger charge is -2.13. The molecule has 0 aliphatic carbocycles. The summed E-state index contributed by atoms with van der Waals surface area (Å²) in [4.78, 5) is 23.5. The van der Waals surface area contributed by atoms with Crippen LogP contribution < -0.4 is 4.74 Å². The van der Waals surface area contributed by atoms with Crippen molar-refractivity contribution in [3.8, 4) is 5.75 Å². The van der Waals surface area contributed by atoms with Gasteiger partial charge in [-0.05, 0) is 12.1 Å². The number of rotatable bonds is 6. The van der Waals surface area contributed by atoms with Gasteiger partial charge in [0.1, 0.15) is 5.75 Å². The van der Waals surface area contributed by atoms with E-state index in [0.29, 0.717) is 5.75 Å². The smallest absolute Gasteiger partial charge is 0.305 e. The van der Waals surface area contributed by atoms with Gasteiger partial charge in [0, 0.05) is 25.2 Å². The highest BCUT2D eigenvalue weighted by molar-refractivity contribution is 5.92. The van der Waals surface area contributed by atoms with E-state index in [0.717, 1.165) is 5.56 Å². The third-order valence-electron chi connectivity index (χ3n) is 2.58. The van der Waals surface area contributed by atoms with Crippen molar-refractivity contribution < 1.29 is 19.4 Å². The van der Waals surface area contributed by atoms with Crippen LogP contribution in [0.15, 0.2) is 30.3 Å². The lowest BCUT2D eigenvalue weighted by Crippen LogP contribution is -2.27. The first-order chi connectivity index (χ1) is 9.04. The maximum Gasteiger partial charge on any atom is 0.305 e. The van der Waals surface area contributed by atoms with Gasteiger partial charge in [0.05, 0.1) is 13.5 Å². The first kappa shape index (κ1) is 14.8. The molecule has 0 radical (unpaired) electrons. The molecule has 0 saturated carbocycles. The second kappa shape index (κ2) is 7.20. The summed E-state index contributed by atoms with van der Waals surface area (Å²) in [5, 5.41) is 8.55. The van der Waals surface area contributed by atoms with Crippen molar-refractivity contribution >= 4 is 18.0 Å². The molecule has 1 rings (SSSR count). The summed E-state index contributed by atoms with van der Waals surface area (Å²) >= 11 is 0. The Morgan fingerprint density at radius 1 is 1.37 bits per heavy atom. The minimum absolute atomic E-state index is 0.0647. The van der Waals surface area contributed by atoms with Crippen LogP contribution in [0.25, 0.3) is 6.08 Å². The number of likely N-dealkylation sites (N-methyl/N-ethyl adjacent to an activating group) is 1. The largest absolute Gasteiger partial charge is 0.496 e. The molecule has 0 saturated heterocycles. The summed E-state index contributed by atoms with van der Waals surface area (Å²) in [6.07, 6.45) is 2.99. The average molecular weight is 263 g/mol. The van der Waals surface area contributed by atoms with Crippen LogP contribution in [-0.4, -0.2) is 42.6 Å². The topological polar surface area (TPSA) is 66.8 Å². The summed E-state index contributed by atoms with van der Waals surface area (Å²) in [6, 6.07) is 7.33. The Balaban J connectivity index is 2.65. The van der Waals surface area contributed by atoms with E-state index >= 15 is 0 Å². The quantitative estimate of drug-likeness (QED) is 0.792. The van der Waals surface area contributed by atoms with Crippen molar-refractivity contribution in [1.29, 1.82) is 0 Å². The number of hydrogen-bond donors (Lipinski definition) is 1. The SMILES string of the molecule is COc1ccccc1C=CC(=O)N(C)CCC(=O)O. The predicted octanol–water partition coefficient (Wildman–Crippen LogP) is 1.64. The van der Waals surface area contributed by atoms with Crippen molar-refractivity contribution in [2.24, 2.45) is 0 Å². The fraction of sp³-hybridized carbons (Fsp3) is 0.286. The van der Waals surface area contributed by atoms with Gasteiger partial charge in [-0.15, -0.1) is 0 Å². The maximum absolute atomic E-state index is 11.7. The summed E-state index contributed by atoms with van der Waals surface area (Å²) in [7, 11) is 3.13. The number of carbonyl (C=O) groups excluding carboxylic acids is 1. The third-order valence-corrected chi connectivity index (χ3v) is 2.58.